The SMILES string of the molecule is Cc1ccc(S(=O)(=O)Nc2cccc(C)c2O)cc1C. The monoisotopic (exact) mass is 291 g/mol. The van der Waals surface area contributed by atoms with Crippen LogP contribution < -0.4 is 4.72 Å². The highest BCUT2D eigenvalue weighted by Gasteiger charge is 2.17. The molecule has 106 valence electrons. The van der Waals surface area contributed by atoms with Gasteiger partial charge < -0.3 is 5.11 Å². The van der Waals surface area contributed by atoms with Crippen LogP contribution in [0.25, 0.3) is 0 Å². The minimum atomic E-state index is -3.70. The zero-order chi connectivity index (χ0) is 14.9. The van der Waals surface area contributed by atoms with Crippen molar-refractivity contribution in [3.05, 3.63) is 53.1 Å². The molecule has 0 saturated heterocycles. The molecule has 0 spiro atoms. The normalized spacial score (nSPS) is 11.3. The molecule has 20 heavy (non-hydrogen) atoms. The smallest absolute Gasteiger partial charge is 0.262 e. The first kappa shape index (κ1) is 14.4. The number of hydrogen-bond acceptors (Lipinski definition) is 3. The maximum absolute atomic E-state index is 12.3. The number of anilines is 1. The molecule has 0 unspecified atom stereocenters. The highest BCUT2D eigenvalue weighted by atomic mass is 32.2. The Morgan fingerprint density at radius 2 is 1.65 bits per heavy atom. The molecule has 5 heteroatoms. The topological polar surface area (TPSA) is 66.4 Å². The Morgan fingerprint density at radius 3 is 2.30 bits per heavy atom. The fraction of sp³-hybridized carbons (Fsp3) is 0.200. The van der Waals surface area contributed by atoms with E-state index in [1.54, 1.807) is 37.3 Å². The molecule has 0 bridgehead atoms. The molecule has 0 aliphatic heterocycles. The fourth-order valence-corrected chi connectivity index (χ4v) is 2.98. The van der Waals surface area contributed by atoms with Crippen LogP contribution >= 0.6 is 0 Å². The van der Waals surface area contributed by atoms with E-state index in [9.17, 15) is 13.5 Å². The summed E-state index contributed by atoms with van der Waals surface area (Å²) >= 11 is 0. The minimum Gasteiger partial charge on any atom is -0.505 e. The van der Waals surface area contributed by atoms with Gasteiger partial charge in [0.15, 0.2) is 0 Å². The number of para-hydroxylation sites is 1. The van der Waals surface area contributed by atoms with Crippen molar-refractivity contribution in [1.29, 1.82) is 0 Å². The number of phenolic OH excluding ortho intramolecular Hbond substituents is 1. The summed E-state index contributed by atoms with van der Waals surface area (Å²) in [5.41, 5.74) is 2.73. The molecule has 0 aromatic heterocycles. The van der Waals surface area contributed by atoms with Gasteiger partial charge in [-0.15, -0.1) is 0 Å². The number of sulfonamides is 1. The van der Waals surface area contributed by atoms with Crippen LogP contribution in [0.2, 0.25) is 0 Å². The first-order valence-corrected chi connectivity index (χ1v) is 7.68. The molecule has 2 rings (SSSR count). The van der Waals surface area contributed by atoms with Gasteiger partial charge in [-0.3, -0.25) is 4.72 Å². The summed E-state index contributed by atoms with van der Waals surface area (Å²) in [6.45, 7) is 5.49. The Kier molecular flexibility index (Phi) is 3.72. The maximum Gasteiger partial charge on any atom is 0.262 e. The Morgan fingerprint density at radius 1 is 0.950 bits per heavy atom. The average Bonchev–Trinajstić information content (AvgIpc) is 2.38. The summed E-state index contributed by atoms with van der Waals surface area (Å²) in [6.07, 6.45) is 0. The number of nitrogens with one attached hydrogen (secondary N) is 1. The summed E-state index contributed by atoms with van der Waals surface area (Å²) in [6, 6.07) is 9.86. The number of phenols is 1. The molecule has 0 fully saturated rings. The van der Waals surface area contributed by atoms with Crippen LogP contribution in [0.1, 0.15) is 16.7 Å². The van der Waals surface area contributed by atoms with Crippen LogP contribution in [0.3, 0.4) is 0 Å². The van der Waals surface area contributed by atoms with E-state index in [1.165, 1.54) is 6.07 Å². The summed E-state index contributed by atoms with van der Waals surface area (Å²) in [4.78, 5) is 0.182. The van der Waals surface area contributed by atoms with Crippen LogP contribution in [-0.4, -0.2) is 13.5 Å². The Balaban J connectivity index is 2.41. The molecule has 2 N–H and O–H groups in total. The van der Waals surface area contributed by atoms with E-state index in [-0.39, 0.29) is 16.3 Å². The minimum absolute atomic E-state index is 0.0556. The van der Waals surface area contributed by atoms with Gasteiger partial charge in [0.05, 0.1) is 10.6 Å². The lowest BCUT2D eigenvalue weighted by Crippen LogP contribution is -2.13. The second kappa shape index (κ2) is 5.17. The molecule has 0 saturated carbocycles. The number of aromatic hydroxyl groups is 1. The molecule has 0 aliphatic carbocycles. The summed E-state index contributed by atoms with van der Waals surface area (Å²) in [5.74, 6) is -0.0556. The second-order valence-electron chi connectivity index (χ2n) is 4.82. The van der Waals surface area contributed by atoms with Gasteiger partial charge in [-0.05, 0) is 55.7 Å². The van der Waals surface area contributed by atoms with Gasteiger partial charge in [-0.2, -0.15) is 0 Å². The van der Waals surface area contributed by atoms with Gasteiger partial charge in [0.1, 0.15) is 5.75 Å². The largest absolute Gasteiger partial charge is 0.505 e. The van der Waals surface area contributed by atoms with Gasteiger partial charge in [-0.1, -0.05) is 18.2 Å². The highest BCUT2D eigenvalue weighted by molar-refractivity contribution is 7.92. The Bertz CT molecular complexity index is 752. The van der Waals surface area contributed by atoms with Crippen molar-refractivity contribution in [2.75, 3.05) is 4.72 Å². The van der Waals surface area contributed by atoms with Gasteiger partial charge in [0.2, 0.25) is 0 Å². The lowest BCUT2D eigenvalue weighted by atomic mass is 10.1. The van der Waals surface area contributed by atoms with Crippen molar-refractivity contribution < 1.29 is 13.5 Å². The van der Waals surface area contributed by atoms with Crippen LogP contribution in [0.4, 0.5) is 5.69 Å². The zero-order valence-electron chi connectivity index (χ0n) is 11.6. The van der Waals surface area contributed by atoms with Crippen LogP contribution in [0, 0.1) is 20.8 Å². The lowest BCUT2D eigenvalue weighted by molar-refractivity contribution is 0.473. The summed E-state index contributed by atoms with van der Waals surface area (Å²) in [5, 5.41) is 9.88. The van der Waals surface area contributed by atoms with E-state index < -0.39 is 10.0 Å². The second-order valence-corrected chi connectivity index (χ2v) is 6.51. The van der Waals surface area contributed by atoms with Crippen molar-refractivity contribution in [2.24, 2.45) is 0 Å². The lowest BCUT2D eigenvalue weighted by Gasteiger charge is -2.12. The van der Waals surface area contributed by atoms with Crippen molar-refractivity contribution >= 4 is 15.7 Å². The van der Waals surface area contributed by atoms with Crippen molar-refractivity contribution in [3.8, 4) is 5.75 Å². The van der Waals surface area contributed by atoms with Gasteiger partial charge >= 0.3 is 0 Å². The van der Waals surface area contributed by atoms with E-state index in [0.29, 0.717) is 5.56 Å². The number of hydrogen-bond donors (Lipinski definition) is 2. The van der Waals surface area contributed by atoms with Crippen molar-refractivity contribution in [3.63, 3.8) is 0 Å². The predicted octanol–water partition coefficient (Wildman–Crippen LogP) is 3.12. The third kappa shape index (κ3) is 2.77. The van der Waals surface area contributed by atoms with Crippen LogP contribution in [0.15, 0.2) is 41.3 Å². The van der Waals surface area contributed by atoms with E-state index in [1.807, 2.05) is 13.8 Å². The highest BCUT2D eigenvalue weighted by Crippen LogP contribution is 2.29. The first-order chi connectivity index (χ1) is 9.31. The quantitative estimate of drug-likeness (QED) is 0.854. The summed E-state index contributed by atoms with van der Waals surface area (Å²) in [7, 11) is -3.70. The van der Waals surface area contributed by atoms with E-state index in [2.05, 4.69) is 4.72 Å². The molecule has 0 radical (unpaired) electrons. The molecule has 4 nitrogen and oxygen atoms in total. The number of rotatable bonds is 3. The number of benzene rings is 2. The third-order valence-electron chi connectivity index (χ3n) is 3.27. The molecular formula is C15H17NO3S. The molecule has 0 atom stereocenters. The van der Waals surface area contributed by atoms with Gasteiger partial charge in [-0.25, -0.2) is 8.42 Å². The van der Waals surface area contributed by atoms with Gasteiger partial charge in [0, 0.05) is 0 Å². The molecule has 2 aromatic rings. The zero-order valence-corrected chi connectivity index (χ0v) is 12.5. The predicted molar refractivity (Wildman–Crippen MR) is 79.6 cm³/mol. The standard InChI is InChI=1S/C15H17NO3S/c1-10-7-8-13(9-12(10)3)20(18,19)16-14-6-4-5-11(2)15(14)17/h4-9,16-17H,1-3H3. The molecule has 2 aromatic carbocycles. The Labute approximate surface area is 119 Å². The average molecular weight is 291 g/mol. The number of aryl methyl sites for hydroxylation is 3. The fourth-order valence-electron chi connectivity index (χ4n) is 1.83. The van der Waals surface area contributed by atoms with E-state index in [4.69, 9.17) is 0 Å². The molecular weight excluding hydrogens is 274 g/mol. The molecule has 0 aliphatic rings. The summed E-state index contributed by atoms with van der Waals surface area (Å²) < 4.78 is 27.0. The molecule has 0 amide bonds. The van der Waals surface area contributed by atoms with Crippen molar-refractivity contribution in [2.45, 2.75) is 25.7 Å². The van der Waals surface area contributed by atoms with E-state index in [0.717, 1.165) is 11.1 Å². The van der Waals surface area contributed by atoms with Crippen LogP contribution in [-0.2, 0) is 10.0 Å². The Hall–Kier alpha value is -2.01. The first-order valence-electron chi connectivity index (χ1n) is 6.20. The van der Waals surface area contributed by atoms with Crippen LogP contribution in [0.5, 0.6) is 5.75 Å². The molecule has 0 heterocycles. The van der Waals surface area contributed by atoms with E-state index >= 15 is 0 Å². The van der Waals surface area contributed by atoms with Gasteiger partial charge in [0.25, 0.3) is 10.0 Å². The third-order valence-corrected chi connectivity index (χ3v) is 4.63. The van der Waals surface area contributed by atoms with Crippen molar-refractivity contribution in [1.82, 2.24) is 0 Å². The maximum atomic E-state index is 12.3.